The third-order valence-corrected chi connectivity index (χ3v) is 8.07. The molecule has 1 aliphatic carbocycles. The van der Waals surface area contributed by atoms with E-state index in [0.717, 1.165) is 22.2 Å². The zero-order chi connectivity index (χ0) is 24.4. The highest BCUT2D eigenvalue weighted by atomic mass is 32.2. The van der Waals surface area contributed by atoms with E-state index in [1.165, 1.54) is 0 Å². The number of nitrogens with zero attached hydrogens (tertiary/aromatic N) is 3. The smallest absolute Gasteiger partial charge is 0.241 e. The van der Waals surface area contributed by atoms with Crippen molar-refractivity contribution in [1.29, 1.82) is 0 Å². The molecule has 0 radical (unpaired) electrons. The van der Waals surface area contributed by atoms with Crippen LogP contribution in [0.5, 0.6) is 0 Å². The fourth-order valence-electron chi connectivity index (χ4n) is 4.60. The summed E-state index contributed by atoms with van der Waals surface area (Å²) in [5.74, 6) is 0.202. The van der Waals surface area contributed by atoms with Crippen LogP contribution in [0.4, 0.5) is 10.1 Å². The molecular weight excluding hydrogens is 465 g/mol. The van der Waals surface area contributed by atoms with Gasteiger partial charge in [0.15, 0.2) is 0 Å². The van der Waals surface area contributed by atoms with Gasteiger partial charge in [-0.3, -0.25) is 24.0 Å². The number of H-pyrrole nitrogens is 1. The Morgan fingerprint density at radius 3 is 3.11 bits per heavy atom. The molecule has 0 spiro atoms. The molecular formula is C26H28FN5O2S. The molecule has 9 heteroatoms. The summed E-state index contributed by atoms with van der Waals surface area (Å²) in [6.07, 6.45) is 12.5. The number of hydrogen-bond acceptors (Lipinski definition) is 5. The average molecular weight is 494 g/mol. The second kappa shape index (κ2) is 10.2. The zero-order valence-electron chi connectivity index (χ0n) is 19.5. The lowest BCUT2D eigenvalue weighted by Crippen LogP contribution is -2.50. The number of rotatable bonds is 5. The maximum Gasteiger partial charge on any atom is 0.241 e. The number of hydrogen-bond donors (Lipinski definition) is 2. The van der Waals surface area contributed by atoms with Gasteiger partial charge in [0, 0.05) is 71.7 Å². The van der Waals surface area contributed by atoms with Crippen molar-refractivity contribution < 1.29 is 13.4 Å². The van der Waals surface area contributed by atoms with Crippen molar-refractivity contribution in [1.82, 2.24) is 15.1 Å². The number of nitrogens with one attached hydrogen (secondary N) is 2. The molecule has 3 heterocycles. The van der Waals surface area contributed by atoms with Crippen molar-refractivity contribution in [2.24, 2.45) is 10.9 Å². The highest BCUT2D eigenvalue weighted by Crippen LogP contribution is 2.28. The van der Waals surface area contributed by atoms with E-state index >= 15 is 0 Å². The van der Waals surface area contributed by atoms with Crippen LogP contribution < -0.4 is 5.32 Å². The number of anilines is 1. The van der Waals surface area contributed by atoms with Crippen molar-refractivity contribution in [3.05, 3.63) is 65.8 Å². The SMILES string of the molecule is CC1C=C(CN2CCS(=O)C(C(=O)Nc3ccc4[nH]nc(C5=CCC=NC=C5)c4c3)C2)C(F)=CC1. The lowest BCUT2D eigenvalue weighted by Gasteiger charge is -2.32. The number of carbonyl (C=O) groups is 1. The maximum absolute atomic E-state index is 14.3. The van der Waals surface area contributed by atoms with Gasteiger partial charge in [0.2, 0.25) is 5.91 Å². The summed E-state index contributed by atoms with van der Waals surface area (Å²) in [7, 11) is -1.29. The Balaban J connectivity index is 1.30. The van der Waals surface area contributed by atoms with Crippen LogP contribution in [0, 0.1) is 5.92 Å². The van der Waals surface area contributed by atoms with E-state index < -0.39 is 16.0 Å². The van der Waals surface area contributed by atoms with Gasteiger partial charge < -0.3 is 5.32 Å². The number of halogens is 1. The van der Waals surface area contributed by atoms with E-state index in [1.54, 1.807) is 18.3 Å². The third-order valence-electron chi connectivity index (χ3n) is 6.49. The van der Waals surface area contributed by atoms with Crippen molar-refractivity contribution in [2.75, 3.05) is 30.7 Å². The Hall–Kier alpha value is -3.17. The van der Waals surface area contributed by atoms with Crippen LogP contribution in [0.3, 0.4) is 0 Å². The van der Waals surface area contributed by atoms with E-state index in [-0.39, 0.29) is 11.7 Å². The van der Waals surface area contributed by atoms with Crippen molar-refractivity contribution in [3.8, 4) is 0 Å². The van der Waals surface area contributed by atoms with Crippen molar-refractivity contribution in [2.45, 2.75) is 25.0 Å². The number of fused-ring (bicyclic) bond motifs is 1. The second-order valence-corrected chi connectivity index (χ2v) is 10.9. The topological polar surface area (TPSA) is 90.5 Å². The van der Waals surface area contributed by atoms with E-state index in [0.29, 0.717) is 55.4 Å². The van der Waals surface area contributed by atoms with Crippen molar-refractivity contribution >= 4 is 45.1 Å². The van der Waals surface area contributed by atoms with Gasteiger partial charge in [0.25, 0.3) is 0 Å². The first-order valence-electron chi connectivity index (χ1n) is 11.8. The van der Waals surface area contributed by atoms with Crippen LogP contribution in [0.25, 0.3) is 16.5 Å². The number of aromatic nitrogens is 2. The minimum absolute atomic E-state index is 0.190. The van der Waals surface area contributed by atoms with E-state index in [4.69, 9.17) is 0 Å². The number of carbonyl (C=O) groups excluding carboxylic acids is 1. The standard InChI is InChI=1S/C26H28FN5O2S/c1-17-4-6-22(27)19(13-17)15-32-11-12-35(34)24(16-32)26(33)29-20-5-7-23-21(14-20)25(31-30-23)18-3-2-9-28-10-8-18/h3,5-10,13-14,17,24H,2,4,11-12,15-16H2,1H3,(H,29,33)(H,30,31). The largest absolute Gasteiger partial charge is 0.325 e. The van der Waals surface area contributed by atoms with Gasteiger partial charge in [0.05, 0.1) is 11.2 Å². The first-order chi connectivity index (χ1) is 17.0. The molecule has 3 aliphatic rings. The molecule has 7 nitrogen and oxygen atoms in total. The molecule has 1 aromatic carbocycles. The summed E-state index contributed by atoms with van der Waals surface area (Å²) in [5, 5.41) is 10.6. The summed E-state index contributed by atoms with van der Waals surface area (Å²) in [6.45, 7) is 3.38. The van der Waals surface area contributed by atoms with Crippen LogP contribution in [0.15, 0.2) is 65.1 Å². The molecule has 1 saturated heterocycles. The minimum atomic E-state index is -1.29. The normalized spacial score (nSPS) is 25.1. The Kier molecular flexibility index (Phi) is 6.88. The van der Waals surface area contributed by atoms with Crippen molar-refractivity contribution in [3.63, 3.8) is 0 Å². The first kappa shape index (κ1) is 23.6. The number of aliphatic imine (C=N–C) groups is 1. The molecule has 1 amide bonds. The number of benzene rings is 1. The van der Waals surface area contributed by atoms with Gasteiger partial charge in [-0.2, -0.15) is 5.10 Å². The molecule has 1 fully saturated rings. The Morgan fingerprint density at radius 2 is 2.23 bits per heavy atom. The molecule has 1 aromatic heterocycles. The number of allylic oxidation sites excluding steroid dienone is 5. The molecule has 2 N–H and O–H groups in total. The molecule has 5 rings (SSSR count). The Morgan fingerprint density at radius 1 is 1.34 bits per heavy atom. The molecule has 35 heavy (non-hydrogen) atoms. The minimum Gasteiger partial charge on any atom is -0.325 e. The molecule has 182 valence electrons. The van der Waals surface area contributed by atoms with Gasteiger partial charge in [-0.1, -0.05) is 19.1 Å². The predicted molar refractivity (Wildman–Crippen MR) is 139 cm³/mol. The van der Waals surface area contributed by atoms with E-state index in [9.17, 15) is 13.4 Å². The first-order valence-corrected chi connectivity index (χ1v) is 13.2. The van der Waals surface area contributed by atoms with Crippen LogP contribution in [-0.4, -0.2) is 62.1 Å². The predicted octanol–water partition coefficient (Wildman–Crippen LogP) is 4.13. The molecule has 3 unspecified atom stereocenters. The molecule has 3 atom stereocenters. The van der Waals surface area contributed by atoms with Crippen LogP contribution in [-0.2, 0) is 15.6 Å². The monoisotopic (exact) mass is 493 g/mol. The highest BCUT2D eigenvalue weighted by Gasteiger charge is 2.33. The number of aromatic amines is 1. The lowest BCUT2D eigenvalue weighted by molar-refractivity contribution is -0.116. The maximum atomic E-state index is 14.3. The van der Waals surface area contributed by atoms with Gasteiger partial charge in [-0.25, -0.2) is 4.39 Å². The average Bonchev–Trinajstić information content (AvgIpc) is 3.07. The summed E-state index contributed by atoms with van der Waals surface area (Å²) in [4.78, 5) is 19.3. The van der Waals surface area contributed by atoms with Crippen LogP contribution in [0.1, 0.15) is 25.5 Å². The fraction of sp³-hybridized carbons (Fsp3) is 0.346. The molecule has 0 bridgehead atoms. The van der Waals surface area contributed by atoms with Crippen LogP contribution >= 0.6 is 0 Å². The lowest BCUT2D eigenvalue weighted by atomic mass is 9.97. The second-order valence-electron chi connectivity index (χ2n) is 9.13. The van der Waals surface area contributed by atoms with Gasteiger partial charge in [-0.05, 0) is 48.3 Å². The summed E-state index contributed by atoms with van der Waals surface area (Å²) >= 11 is 0. The van der Waals surface area contributed by atoms with Gasteiger partial charge in [-0.15, -0.1) is 0 Å². The Labute approximate surface area is 206 Å². The zero-order valence-corrected chi connectivity index (χ0v) is 20.4. The van der Waals surface area contributed by atoms with Gasteiger partial charge in [0.1, 0.15) is 11.1 Å². The molecule has 0 saturated carbocycles. The van der Waals surface area contributed by atoms with Gasteiger partial charge >= 0.3 is 0 Å². The Bertz CT molecular complexity index is 1320. The molecule has 2 aliphatic heterocycles. The third kappa shape index (κ3) is 5.26. The summed E-state index contributed by atoms with van der Waals surface area (Å²) < 4.78 is 27.0. The summed E-state index contributed by atoms with van der Waals surface area (Å²) in [6, 6.07) is 5.56. The number of amides is 1. The summed E-state index contributed by atoms with van der Waals surface area (Å²) in [5.41, 5.74) is 3.87. The fourth-order valence-corrected chi connectivity index (χ4v) is 6.00. The highest BCUT2D eigenvalue weighted by molar-refractivity contribution is 7.86. The molecule has 2 aromatic rings. The van der Waals surface area contributed by atoms with Crippen LogP contribution in [0.2, 0.25) is 0 Å². The van der Waals surface area contributed by atoms with E-state index in [1.807, 2.05) is 41.5 Å². The van der Waals surface area contributed by atoms with E-state index in [2.05, 4.69) is 27.4 Å². The quantitative estimate of drug-likeness (QED) is 0.656.